The Balaban J connectivity index is 1.38. The third-order valence-corrected chi connectivity index (χ3v) is 15.0. The summed E-state index contributed by atoms with van der Waals surface area (Å²) in [6.45, 7) is 17.0. The van der Waals surface area contributed by atoms with Crippen LogP contribution in [0.2, 0.25) is 0 Å². The van der Waals surface area contributed by atoms with Gasteiger partial charge in [-0.1, -0.05) is 79.1 Å². The van der Waals surface area contributed by atoms with Gasteiger partial charge in [0.05, 0.1) is 18.3 Å². The maximum Gasteiger partial charge on any atom is 0.0637 e. The van der Waals surface area contributed by atoms with Crippen LogP contribution in [0.1, 0.15) is 163 Å². The van der Waals surface area contributed by atoms with E-state index in [1.165, 1.54) is 116 Å². The molecule has 7 N–H and O–H groups in total. The molecule has 11 atom stereocenters. The molecule has 0 saturated heterocycles. The minimum atomic E-state index is 0.181. The molecule has 7 nitrogen and oxygen atoms in total. The maximum absolute atomic E-state index is 7.05. The van der Waals surface area contributed by atoms with Crippen molar-refractivity contribution in [3.8, 4) is 0 Å². The van der Waals surface area contributed by atoms with Crippen LogP contribution in [0.3, 0.4) is 0 Å². The van der Waals surface area contributed by atoms with Crippen LogP contribution in [0.5, 0.6) is 0 Å². The lowest BCUT2D eigenvalue weighted by Gasteiger charge is -2.65. The normalized spacial score (nSPS) is 35.4. The van der Waals surface area contributed by atoms with E-state index in [0.717, 1.165) is 52.0 Å². The van der Waals surface area contributed by atoms with Crippen molar-refractivity contribution in [3.05, 3.63) is 0 Å². The van der Waals surface area contributed by atoms with Gasteiger partial charge >= 0.3 is 0 Å². The van der Waals surface area contributed by atoms with Gasteiger partial charge in [0.1, 0.15) is 0 Å². The first-order valence-electron chi connectivity index (χ1n) is 22.5. The Bertz CT molecular complexity index is 925. The lowest BCUT2D eigenvalue weighted by Crippen LogP contribution is -2.63. The molecule has 4 fully saturated rings. The van der Waals surface area contributed by atoms with E-state index in [0.29, 0.717) is 78.9 Å². The summed E-state index contributed by atoms with van der Waals surface area (Å²) in [6, 6.07) is 0. The molecular weight excluding hydrogens is 633 g/mol. The van der Waals surface area contributed by atoms with Gasteiger partial charge in [-0.15, -0.1) is 0 Å². The first-order valence-corrected chi connectivity index (χ1v) is 22.5. The Morgan fingerprint density at radius 2 is 1.29 bits per heavy atom. The van der Waals surface area contributed by atoms with Crippen molar-refractivity contribution in [1.29, 1.82) is 0 Å². The molecule has 6 unspecified atom stereocenters. The number of nitrogens with two attached hydrogens (primary N) is 3. The highest BCUT2D eigenvalue weighted by Gasteiger charge is 2.66. The average Bonchev–Trinajstić information content (AvgIpc) is 3.49. The third kappa shape index (κ3) is 11.6. The fourth-order valence-electron chi connectivity index (χ4n) is 12.0. The summed E-state index contributed by atoms with van der Waals surface area (Å²) in [7, 11) is 0. The van der Waals surface area contributed by atoms with Crippen molar-refractivity contribution in [2.45, 2.75) is 181 Å². The molecule has 0 bridgehead atoms. The Morgan fingerprint density at radius 3 is 1.98 bits per heavy atom. The molecule has 4 saturated carbocycles. The van der Waals surface area contributed by atoms with Gasteiger partial charge in [-0.05, 0) is 157 Å². The zero-order valence-corrected chi connectivity index (χ0v) is 34.2. The van der Waals surface area contributed by atoms with Crippen LogP contribution >= 0.6 is 0 Å². The van der Waals surface area contributed by atoms with E-state index >= 15 is 0 Å². The smallest absolute Gasteiger partial charge is 0.0637 e. The van der Waals surface area contributed by atoms with E-state index < -0.39 is 0 Å². The van der Waals surface area contributed by atoms with Crippen molar-refractivity contribution < 1.29 is 14.2 Å². The predicted molar refractivity (Wildman–Crippen MR) is 215 cm³/mol. The Labute approximate surface area is 315 Å². The van der Waals surface area contributed by atoms with Crippen LogP contribution in [0.4, 0.5) is 0 Å². The van der Waals surface area contributed by atoms with E-state index in [1.54, 1.807) is 0 Å². The highest BCUT2D eigenvalue weighted by atomic mass is 16.5. The highest BCUT2D eigenvalue weighted by molar-refractivity contribution is 5.15. The number of hydrogen-bond donors (Lipinski definition) is 4. The van der Waals surface area contributed by atoms with E-state index in [4.69, 9.17) is 31.4 Å². The lowest BCUT2D eigenvalue weighted by atomic mass is 9.43. The molecule has 0 aromatic carbocycles. The first-order chi connectivity index (χ1) is 24.8. The van der Waals surface area contributed by atoms with E-state index in [1.807, 2.05) is 0 Å². The molecule has 0 radical (unpaired) electrons. The molecule has 0 spiro atoms. The van der Waals surface area contributed by atoms with Crippen LogP contribution in [-0.4, -0.2) is 70.9 Å². The second-order valence-corrected chi connectivity index (χ2v) is 18.2. The molecule has 0 heterocycles. The zero-order valence-electron chi connectivity index (χ0n) is 34.2. The number of ether oxygens (including phenoxy) is 3. The summed E-state index contributed by atoms with van der Waals surface area (Å²) in [6.07, 6.45) is 27.6. The number of nitrogens with one attached hydrogen (secondary N) is 1. The lowest BCUT2D eigenvalue weighted by molar-refractivity contribution is -0.227. The SMILES string of the molecule is CCCCCCCCCCCNCCCC(C)C1CC[C@H]2C3[C@H](OCCCN)CC4C[C@H](OCCCN)CCC4(C)[C@H]3C[C@H](OCCCN)C12C. The van der Waals surface area contributed by atoms with Gasteiger partial charge < -0.3 is 36.7 Å². The van der Waals surface area contributed by atoms with Crippen molar-refractivity contribution in [1.82, 2.24) is 5.32 Å². The van der Waals surface area contributed by atoms with Crippen molar-refractivity contribution in [2.24, 2.45) is 63.5 Å². The molecule has 4 aliphatic rings. The number of unbranched alkanes of at least 4 members (excludes halogenated alkanes) is 8. The quantitative estimate of drug-likeness (QED) is 0.0629. The van der Waals surface area contributed by atoms with Crippen LogP contribution in [0, 0.1) is 46.3 Å². The topological polar surface area (TPSA) is 118 Å². The summed E-state index contributed by atoms with van der Waals surface area (Å²) in [5.74, 6) is 3.92. The van der Waals surface area contributed by atoms with E-state index in [2.05, 4.69) is 33.0 Å². The summed E-state index contributed by atoms with van der Waals surface area (Å²) in [4.78, 5) is 0. The van der Waals surface area contributed by atoms with Gasteiger partial charge in [0.25, 0.3) is 0 Å². The molecule has 0 aromatic heterocycles. The Kier molecular flexibility index (Phi) is 19.5. The summed E-state index contributed by atoms with van der Waals surface area (Å²) < 4.78 is 20.4. The molecule has 300 valence electrons. The minimum absolute atomic E-state index is 0.181. The molecule has 4 aliphatic carbocycles. The van der Waals surface area contributed by atoms with E-state index in [9.17, 15) is 0 Å². The fraction of sp³-hybridized carbons (Fsp3) is 1.00. The molecule has 0 amide bonds. The third-order valence-electron chi connectivity index (χ3n) is 15.0. The second kappa shape index (κ2) is 22.9. The zero-order chi connectivity index (χ0) is 36.5. The molecule has 7 heteroatoms. The molecule has 0 aromatic rings. The molecule has 4 rings (SSSR count). The van der Waals surface area contributed by atoms with Crippen molar-refractivity contribution >= 4 is 0 Å². The van der Waals surface area contributed by atoms with Gasteiger partial charge in [-0.2, -0.15) is 0 Å². The second-order valence-electron chi connectivity index (χ2n) is 18.2. The molecular formula is C44H86N4O3. The predicted octanol–water partition coefficient (Wildman–Crippen LogP) is 8.60. The summed E-state index contributed by atoms with van der Waals surface area (Å²) in [5.41, 5.74) is 18.3. The van der Waals surface area contributed by atoms with Crippen molar-refractivity contribution in [3.63, 3.8) is 0 Å². The maximum atomic E-state index is 7.05. The highest BCUT2D eigenvalue weighted by Crippen LogP contribution is 2.69. The van der Waals surface area contributed by atoms with Crippen LogP contribution < -0.4 is 22.5 Å². The fourth-order valence-corrected chi connectivity index (χ4v) is 12.0. The van der Waals surface area contributed by atoms with Gasteiger partial charge in [-0.25, -0.2) is 0 Å². The van der Waals surface area contributed by atoms with Gasteiger partial charge in [0.15, 0.2) is 0 Å². The number of fused-ring (bicyclic) bond motifs is 5. The number of rotatable bonds is 27. The van der Waals surface area contributed by atoms with Crippen LogP contribution in [0.15, 0.2) is 0 Å². The standard InChI is InChI=1S/C44H86N4O3/c1-5-6-7-8-9-10-11-12-13-26-48-27-14-18-34(2)37-19-20-38-42-39(33-41(44(37,38)4)51-30-17-25-47)43(3)22-21-36(49-28-15-23-45)31-35(43)32-40(42)50-29-16-24-46/h34-42,48H,5-33,45-47H2,1-4H3/t34?,35?,36-,37?,38+,39+,40-,41+,42?,43?,44?/m1/s1. The van der Waals surface area contributed by atoms with Gasteiger partial charge in [0.2, 0.25) is 0 Å². The van der Waals surface area contributed by atoms with Gasteiger partial charge in [-0.3, -0.25) is 0 Å². The average molecular weight is 719 g/mol. The molecule has 51 heavy (non-hydrogen) atoms. The van der Waals surface area contributed by atoms with Crippen LogP contribution in [-0.2, 0) is 14.2 Å². The van der Waals surface area contributed by atoms with Crippen LogP contribution in [0.25, 0.3) is 0 Å². The van der Waals surface area contributed by atoms with Crippen molar-refractivity contribution in [2.75, 3.05) is 52.5 Å². The summed E-state index contributed by atoms with van der Waals surface area (Å²) >= 11 is 0. The Hall–Kier alpha value is -0.280. The molecule has 0 aliphatic heterocycles. The van der Waals surface area contributed by atoms with E-state index in [-0.39, 0.29) is 5.41 Å². The minimum Gasteiger partial charge on any atom is -0.378 e. The monoisotopic (exact) mass is 719 g/mol. The number of hydrogen-bond acceptors (Lipinski definition) is 7. The summed E-state index contributed by atoms with van der Waals surface area (Å²) in [5, 5.41) is 3.80. The Morgan fingerprint density at radius 1 is 0.667 bits per heavy atom. The van der Waals surface area contributed by atoms with Gasteiger partial charge in [0, 0.05) is 25.2 Å². The first kappa shape index (κ1) is 43.4. The largest absolute Gasteiger partial charge is 0.378 e.